The van der Waals surface area contributed by atoms with E-state index in [4.69, 9.17) is 4.74 Å². The largest absolute Gasteiger partial charge is 0.411 e. The lowest BCUT2D eigenvalue weighted by Gasteiger charge is -2.22. The van der Waals surface area contributed by atoms with Gasteiger partial charge in [-0.2, -0.15) is 13.2 Å². The van der Waals surface area contributed by atoms with Crippen molar-refractivity contribution in [2.75, 3.05) is 19.8 Å². The second kappa shape index (κ2) is 5.56. The van der Waals surface area contributed by atoms with Crippen LogP contribution in [0.1, 0.15) is 25.7 Å². The van der Waals surface area contributed by atoms with E-state index in [-0.39, 0.29) is 12.7 Å². The Bertz CT molecular complexity index is 153. The molecule has 0 bridgehead atoms. The topological polar surface area (TPSA) is 18.5 Å². The summed E-state index contributed by atoms with van der Waals surface area (Å²) in [6, 6.07) is 0. The van der Waals surface area contributed by atoms with Gasteiger partial charge in [0, 0.05) is 13.2 Å². The summed E-state index contributed by atoms with van der Waals surface area (Å²) in [5.74, 6) is 0. The molecule has 1 heterocycles. The fourth-order valence-electron chi connectivity index (χ4n) is 1.44. The van der Waals surface area contributed by atoms with Gasteiger partial charge in [-0.3, -0.25) is 0 Å². The number of alkyl halides is 3. The van der Waals surface area contributed by atoms with Gasteiger partial charge >= 0.3 is 6.18 Å². The predicted molar refractivity (Wildman–Crippen MR) is 45.1 cm³/mol. The Hall–Kier alpha value is -0.290. The summed E-state index contributed by atoms with van der Waals surface area (Å²) in [7, 11) is 0. The van der Waals surface area contributed by atoms with Crippen molar-refractivity contribution in [3.63, 3.8) is 0 Å². The highest BCUT2D eigenvalue weighted by Crippen LogP contribution is 2.17. The Morgan fingerprint density at radius 2 is 2.07 bits per heavy atom. The summed E-state index contributed by atoms with van der Waals surface area (Å²) in [5, 5.41) is 0. The van der Waals surface area contributed by atoms with Gasteiger partial charge in [-0.25, -0.2) is 0 Å². The van der Waals surface area contributed by atoms with Crippen molar-refractivity contribution in [3.05, 3.63) is 0 Å². The van der Waals surface area contributed by atoms with E-state index in [2.05, 4.69) is 4.74 Å². The van der Waals surface area contributed by atoms with Crippen LogP contribution in [-0.2, 0) is 9.47 Å². The number of ether oxygens (including phenoxy) is 2. The first-order valence-corrected chi connectivity index (χ1v) is 4.84. The van der Waals surface area contributed by atoms with Gasteiger partial charge in [-0.05, 0) is 25.7 Å². The third kappa shape index (κ3) is 5.44. The predicted octanol–water partition coefficient (Wildman–Crippen LogP) is 2.52. The molecule has 0 amide bonds. The second-order valence-electron chi connectivity index (χ2n) is 3.45. The third-order valence-corrected chi connectivity index (χ3v) is 2.12. The van der Waals surface area contributed by atoms with Crippen LogP contribution in [0.25, 0.3) is 0 Å². The van der Waals surface area contributed by atoms with Gasteiger partial charge in [0.05, 0.1) is 6.10 Å². The first kappa shape index (κ1) is 11.8. The molecule has 1 fully saturated rings. The Morgan fingerprint density at radius 1 is 1.29 bits per heavy atom. The van der Waals surface area contributed by atoms with Gasteiger partial charge in [0.1, 0.15) is 6.61 Å². The lowest BCUT2D eigenvalue weighted by molar-refractivity contribution is -0.175. The molecular formula is C9H15F3O2. The molecule has 1 aliphatic rings. The molecule has 1 unspecified atom stereocenters. The zero-order valence-electron chi connectivity index (χ0n) is 7.98. The van der Waals surface area contributed by atoms with Crippen LogP contribution in [0.15, 0.2) is 0 Å². The van der Waals surface area contributed by atoms with Gasteiger partial charge in [-0.1, -0.05) is 0 Å². The van der Waals surface area contributed by atoms with Crippen LogP contribution in [-0.4, -0.2) is 32.1 Å². The molecule has 0 aliphatic carbocycles. The lowest BCUT2D eigenvalue weighted by atomic mass is 10.1. The van der Waals surface area contributed by atoms with Crippen molar-refractivity contribution >= 4 is 0 Å². The molecule has 1 rings (SSSR count). The first-order valence-electron chi connectivity index (χ1n) is 4.84. The molecule has 1 saturated heterocycles. The lowest BCUT2D eigenvalue weighted by Crippen LogP contribution is -2.23. The summed E-state index contributed by atoms with van der Waals surface area (Å²) in [5.41, 5.74) is 0. The van der Waals surface area contributed by atoms with Crippen LogP contribution in [0.2, 0.25) is 0 Å². The third-order valence-electron chi connectivity index (χ3n) is 2.12. The minimum Gasteiger partial charge on any atom is -0.378 e. The highest BCUT2D eigenvalue weighted by molar-refractivity contribution is 4.63. The summed E-state index contributed by atoms with van der Waals surface area (Å²) < 4.78 is 44.8. The van der Waals surface area contributed by atoms with Crippen LogP contribution in [0.5, 0.6) is 0 Å². The van der Waals surface area contributed by atoms with E-state index < -0.39 is 12.8 Å². The van der Waals surface area contributed by atoms with E-state index in [0.717, 1.165) is 25.9 Å². The van der Waals surface area contributed by atoms with Crippen LogP contribution < -0.4 is 0 Å². The van der Waals surface area contributed by atoms with Crippen LogP contribution >= 0.6 is 0 Å². The maximum Gasteiger partial charge on any atom is 0.411 e. The van der Waals surface area contributed by atoms with Crippen LogP contribution in [0, 0.1) is 0 Å². The zero-order valence-corrected chi connectivity index (χ0v) is 7.98. The molecule has 0 aromatic rings. The number of halogens is 3. The summed E-state index contributed by atoms with van der Waals surface area (Å²) in [4.78, 5) is 0. The number of hydrogen-bond donors (Lipinski definition) is 0. The van der Waals surface area contributed by atoms with Crippen molar-refractivity contribution in [2.24, 2.45) is 0 Å². The fraction of sp³-hybridized carbons (Fsp3) is 1.00. The van der Waals surface area contributed by atoms with Crippen LogP contribution in [0.4, 0.5) is 13.2 Å². The summed E-state index contributed by atoms with van der Waals surface area (Å²) in [6.07, 6.45) is -0.458. The molecule has 2 nitrogen and oxygen atoms in total. The van der Waals surface area contributed by atoms with Gasteiger partial charge in [0.2, 0.25) is 0 Å². The molecule has 1 aliphatic heterocycles. The summed E-state index contributed by atoms with van der Waals surface area (Å²) in [6.45, 7) is -0.298. The van der Waals surface area contributed by atoms with E-state index in [1.54, 1.807) is 0 Å². The van der Waals surface area contributed by atoms with E-state index in [1.807, 2.05) is 0 Å². The van der Waals surface area contributed by atoms with Crippen molar-refractivity contribution in [1.82, 2.24) is 0 Å². The number of hydrogen-bond acceptors (Lipinski definition) is 2. The monoisotopic (exact) mass is 212 g/mol. The average Bonchev–Trinajstić information content (AvgIpc) is 2.13. The quantitative estimate of drug-likeness (QED) is 0.667. The van der Waals surface area contributed by atoms with Gasteiger partial charge in [0.15, 0.2) is 0 Å². The maximum absolute atomic E-state index is 11.7. The molecular weight excluding hydrogens is 197 g/mol. The molecule has 1 atom stereocenters. The van der Waals surface area contributed by atoms with Gasteiger partial charge in [0.25, 0.3) is 0 Å². The highest BCUT2D eigenvalue weighted by atomic mass is 19.4. The SMILES string of the molecule is FC(F)(F)COCCC1CCCCO1. The van der Waals surface area contributed by atoms with E-state index >= 15 is 0 Å². The smallest absolute Gasteiger partial charge is 0.378 e. The molecule has 0 aromatic carbocycles. The van der Waals surface area contributed by atoms with Crippen molar-refractivity contribution in [2.45, 2.75) is 38.0 Å². The van der Waals surface area contributed by atoms with Crippen molar-refractivity contribution in [1.29, 1.82) is 0 Å². The summed E-state index contributed by atoms with van der Waals surface area (Å²) >= 11 is 0. The molecule has 0 radical (unpaired) electrons. The maximum atomic E-state index is 11.7. The van der Waals surface area contributed by atoms with E-state index in [9.17, 15) is 13.2 Å². The van der Waals surface area contributed by atoms with Gasteiger partial charge in [-0.15, -0.1) is 0 Å². The molecule has 0 aromatic heterocycles. The normalized spacial score (nSPS) is 23.8. The molecule has 0 N–H and O–H groups in total. The average molecular weight is 212 g/mol. The fourth-order valence-corrected chi connectivity index (χ4v) is 1.44. The Kier molecular flexibility index (Phi) is 4.68. The second-order valence-corrected chi connectivity index (χ2v) is 3.45. The minimum absolute atomic E-state index is 0.0944. The molecule has 0 saturated carbocycles. The Morgan fingerprint density at radius 3 is 2.64 bits per heavy atom. The van der Waals surface area contributed by atoms with Crippen molar-refractivity contribution in [3.8, 4) is 0 Å². The molecule has 0 spiro atoms. The highest BCUT2D eigenvalue weighted by Gasteiger charge is 2.27. The van der Waals surface area contributed by atoms with Crippen LogP contribution in [0.3, 0.4) is 0 Å². The first-order chi connectivity index (χ1) is 6.58. The molecule has 5 heteroatoms. The van der Waals surface area contributed by atoms with Crippen molar-refractivity contribution < 1.29 is 22.6 Å². The minimum atomic E-state index is -4.21. The molecule has 84 valence electrons. The number of rotatable bonds is 4. The van der Waals surface area contributed by atoms with E-state index in [1.165, 1.54) is 0 Å². The zero-order chi connectivity index (χ0) is 10.4. The standard InChI is InChI=1S/C9H15F3O2/c10-9(11,12)7-13-6-4-8-3-1-2-5-14-8/h8H,1-7H2. The molecule has 14 heavy (non-hydrogen) atoms. The Labute approximate surface area is 81.4 Å². The van der Waals surface area contributed by atoms with E-state index in [0.29, 0.717) is 6.42 Å². The van der Waals surface area contributed by atoms with Gasteiger partial charge < -0.3 is 9.47 Å². The Balaban J connectivity index is 1.97.